The monoisotopic (exact) mass is 371 g/mol. The van der Waals surface area contributed by atoms with Crippen LogP contribution in [0.25, 0.3) is 0 Å². The van der Waals surface area contributed by atoms with Gasteiger partial charge in [0.15, 0.2) is 12.4 Å². The van der Waals surface area contributed by atoms with Gasteiger partial charge in [-0.2, -0.15) is 5.10 Å². The van der Waals surface area contributed by atoms with E-state index in [1.807, 2.05) is 0 Å². The number of benzene rings is 1. The molecule has 0 aliphatic carbocycles. The zero-order valence-corrected chi connectivity index (χ0v) is 14.7. The minimum atomic E-state index is -0.426. The Morgan fingerprint density at radius 3 is 2.81 bits per heavy atom. The van der Waals surface area contributed by atoms with Gasteiger partial charge >= 0.3 is 5.91 Å². The molecule has 0 bridgehead atoms. The Labute approximate surface area is 156 Å². The highest BCUT2D eigenvalue weighted by atomic mass is 16.5. The summed E-state index contributed by atoms with van der Waals surface area (Å²) in [6.45, 7) is 1.22. The number of hydrogen-bond acceptors (Lipinski definition) is 6. The van der Waals surface area contributed by atoms with E-state index in [0.29, 0.717) is 12.3 Å². The van der Waals surface area contributed by atoms with Crippen molar-refractivity contribution in [2.75, 3.05) is 19.8 Å². The molecule has 0 spiro atoms. The molecule has 2 aromatic rings. The van der Waals surface area contributed by atoms with Gasteiger partial charge in [0.2, 0.25) is 0 Å². The topological polar surface area (TPSA) is 102 Å². The summed E-state index contributed by atoms with van der Waals surface area (Å²) in [7, 11) is 0. The Morgan fingerprint density at radius 1 is 1.26 bits per heavy atom. The van der Waals surface area contributed by atoms with Crippen molar-refractivity contribution < 1.29 is 23.5 Å². The molecule has 2 N–H and O–H groups in total. The molecule has 1 saturated heterocycles. The van der Waals surface area contributed by atoms with Crippen molar-refractivity contribution in [1.82, 2.24) is 10.7 Å². The van der Waals surface area contributed by atoms with Gasteiger partial charge in [0, 0.05) is 13.2 Å². The number of amides is 2. The van der Waals surface area contributed by atoms with E-state index in [1.165, 1.54) is 12.5 Å². The van der Waals surface area contributed by atoms with Gasteiger partial charge in [-0.3, -0.25) is 9.59 Å². The van der Waals surface area contributed by atoms with E-state index in [9.17, 15) is 9.59 Å². The molecule has 27 heavy (non-hydrogen) atoms. The number of hydrazone groups is 1. The summed E-state index contributed by atoms with van der Waals surface area (Å²) in [5.74, 6) is 0.148. The molecule has 8 heteroatoms. The first-order valence-electron chi connectivity index (χ1n) is 8.69. The van der Waals surface area contributed by atoms with Crippen LogP contribution in [0.3, 0.4) is 0 Å². The van der Waals surface area contributed by atoms with Crippen LogP contribution >= 0.6 is 0 Å². The Morgan fingerprint density at radius 2 is 2.11 bits per heavy atom. The van der Waals surface area contributed by atoms with Crippen molar-refractivity contribution in [3.63, 3.8) is 0 Å². The van der Waals surface area contributed by atoms with Crippen LogP contribution in [0.4, 0.5) is 0 Å². The summed E-state index contributed by atoms with van der Waals surface area (Å²) in [5.41, 5.74) is 3.14. The average Bonchev–Trinajstić information content (AvgIpc) is 3.39. The largest absolute Gasteiger partial charge is 0.484 e. The van der Waals surface area contributed by atoms with Crippen LogP contribution in [0.1, 0.15) is 29.0 Å². The maximum absolute atomic E-state index is 11.8. The number of nitrogens with zero attached hydrogens (tertiary/aromatic N) is 1. The Bertz CT molecular complexity index is 765. The fourth-order valence-corrected chi connectivity index (χ4v) is 2.51. The van der Waals surface area contributed by atoms with Gasteiger partial charge in [-0.15, -0.1) is 0 Å². The van der Waals surface area contributed by atoms with Crippen LogP contribution in [0.15, 0.2) is 52.2 Å². The summed E-state index contributed by atoms with van der Waals surface area (Å²) in [4.78, 5) is 23.4. The number of nitrogens with one attached hydrogen (secondary N) is 2. The van der Waals surface area contributed by atoms with Gasteiger partial charge in [-0.25, -0.2) is 5.43 Å². The van der Waals surface area contributed by atoms with E-state index in [2.05, 4.69) is 15.8 Å². The first-order chi connectivity index (χ1) is 13.2. The molecule has 2 amide bonds. The molecule has 1 aromatic carbocycles. The van der Waals surface area contributed by atoms with Crippen molar-refractivity contribution in [1.29, 1.82) is 0 Å². The van der Waals surface area contributed by atoms with Crippen LogP contribution in [-0.4, -0.2) is 43.9 Å². The van der Waals surface area contributed by atoms with E-state index < -0.39 is 5.91 Å². The highest BCUT2D eigenvalue weighted by Crippen LogP contribution is 2.12. The summed E-state index contributed by atoms with van der Waals surface area (Å²) < 4.78 is 15.9. The smallest absolute Gasteiger partial charge is 0.307 e. The van der Waals surface area contributed by atoms with Gasteiger partial charge in [-0.1, -0.05) is 0 Å². The number of carbonyl (C=O) groups is 2. The lowest BCUT2D eigenvalue weighted by atomic mass is 10.2. The van der Waals surface area contributed by atoms with Crippen LogP contribution in [0.2, 0.25) is 0 Å². The maximum Gasteiger partial charge on any atom is 0.307 e. The van der Waals surface area contributed by atoms with E-state index in [-0.39, 0.29) is 24.4 Å². The highest BCUT2D eigenvalue weighted by Gasteiger charge is 2.16. The fourth-order valence-electron chi connectivity index (χ4n) is 2.51. The summed E-state index contributed by atoms with van der Waals surface area (Å²) in [6.07, 6.45) is 5.05. The molecule has 3 rings (SSSR count). The second-order valence-corrected chi connectivity index (χ2v) is 5.97. The van der Waals surface area contributed by atoms with E-state index in [0.717, 1.165) is 25.0 Å². The van der Waals surface area contributed by atoms with Crippen molar-refractivity contribution in [3.8, 4) is 5.75 Å². The number of rotatable bonds is 8. The molecule has 1 atom stereocenters. The number of furan rings is 1. The Kier molecular flexibility index (Phi) is 6.59. The van der Waals surface area contributed by atoms with Crippen molar-refractivity contribution in [2.24, 2.45) is 5.10 Å². The maximum atomic E-state index is 11.8. The third-order valence-electron chi connectivity index (χ3n) is 3.93. The van der Waals surface area contributed by atoms with Gasteiger partial charge in [0.1, 0.15) is 5.75 Å². The summed E-state index contributed by atoms with van der Waals surface area (Å²) in [5, 5.41) is 6.66. The van der Waals surface area contributed by atoms with Gasteiger partial charge in [0.25, 0.3) is 5.91 Å². The first-order valence-corrected chi connectivity index (χ1v) is 8.69. The molecule has 0 saturated carbocycles. The van der Waals surface area contributed by atoms with Crippen LogP contribution in [0, 0.1) is 0 Å². The molecule has 1 aliphatic rings. The summed E-state index contributed by atoms with van der Waals surface area (Å²) in [6, 6.07) is 10.2. The molecule has 0 unspecified atom stereocenters. The summed E-state index contributed by atoms with van der Waals surface area (Å²) >= 11 is 0. The molecule has 0 radical (unpaired) electrons. The van der Waals surface area contributed by atoms with Crippen LogP contribution < -0.4 is 15.5 Å². The zero-order chi connectivity index (χ0) is 18.9. The molecule has 2 heterocycles. The minimum absolute atomic E-state index is 0.0562. The fraction of sp³-hybridized carbons (Fsp3) is 0.316. The molecule has 1 fully saturated rings. The van der Waals surface area contributed by atoms with Crippen molar-refractivity contribution in [2.45, 2.75) is 18.9 Å². The first kappa shape index (κ1) is 18.7. The Hall–Kier alpha value is -3.13. The molecular weight excluding hydrogens is 350 g/mol. The number of ether oxygens (including phenoxy) is 2. The molecule has 1 aromatic heterocycles. The van der Waals surface area contributed by atoms with E-state index in [1.54, 1.807) is 36.4 Å². The average molecular weight is 371 g/mol. The predicted molar refractivity (Wildman–Crippen MR) is 97.7 cm³/mol. The standard InChI is InChI=1S/C19H21N3O5/c23-18(20-12-16-3-1-9-25-16)13-27-15-7-5-14(6-8-15)11-21-22-19(24)17-4-2-10-26-17/h2,4-8,10-11,16H,1,3,9,12-13H2,(H,20,23)(H,22,24)/t16-/m0/s1. The van der Waals surface area contributed by atoms with Crippen molar-refractivity contribution in [3.05, 3.63) is 54.0 Å². The highest BCUT2D eigenvalue weighted by molar-refractivity contribution is 5.92. The lowest BCUT2D eigenvalue weighted by molar-refractivity contribution is -0.123. The second kappa shape index (κ2) is 9.54. The minimum Gasteiger partial charge on any atom is -0.484 e. The number of hydrogen-bond donors (Lipinski definition) is 2. The van der Waals surface area contributed by atoms with Crippen molar-refractivity contribution >= 4 is 18.0 Å². The molecule has 142 valence electrons. The molecule has 1 aliphatic heterocycles. The quantitative estimate of drug-likeness (QED) is 0.543. The third kappa shape index (κ3) is 5.96. The van der Waals surface area contributed by atoms with E-state index in [4.69, 9.17) is 13.9 Å². The van der Waals surface area contributed by atoms with Crippen LogP contribution in [0.5, 0.6) is 5.75 Å². The van der Waals surface area contributed by atoms with Crippen LogP contribution in [-0.2, 0) is 9.53 Å². The Balaban J connectivity index is 1.38. The lowest BCUT2D eigenvalue weighted by Gasteiger charge is -2.11. The predicted octanol–water partition coefficient (Wildman–Crippen LogP) is 1.72. The number of carbonyl (C=O) groups excluding carboxylic acids is 2. The lowest BCUT2D eigenvalue weighted by Crippen LogP contribution is -2.35. The zero-order valence-electron chi connectivity index (χ0n) is 14.7. The van der Waals surface area contributed by atoms with Gasteiger partial charge in [-0.05, 0) is 54.8 Å². The van der Waals surface area contributed by atoms with Gasteiger partial charge < -0.3 is 19.2 Å². The third-order valence-corrected chi connectivity index (χ3v) is 3.93. The molecular formula is C19H21N3O5. The van der Waals surface area contributed by atoms with Gasteiger partial charge in [0.05, 0.1) is 18.6 Å². The normalized spacial score (nSPS) is 16.4. The van der Waals surface area contributed by atoms with E-state index >= 15 is 0 Å². The molecule has 8 nitrogen and oxygen atoms in total. The SMILES string of the molecule is O=C(COc1ccc(C=NNC(=O)c2ccco2)cc1)NC[C@@H]1CCCO1. The second-order valence-electron chi connectivity index (χ2n) is 5.97.